The highest BCUT2D eigenvalue weighted by Crippen LogP contribution is 2.33. The first kappa shape index (κ1) is 9.79. The molecule has 78 valence electrons. The lowest BCUT2D eigenvalue weighted by molar-refractivity contribution is 0.378. The van der Waals surface area contributed by atoms with Crippen molar-refractivity contribution >= 4 is 17.0 Å². The Morgan fingerprint density at radius 1 is 1.33 bits per heavy atom. The van der Waals surface area contributed by atoms with Crippen LogP contribution in [0.4, 0.5) is 5.69 Å². The number of methoxy groups -OCH3 is 1. The molecule has 2 rings (SSSR count). The van der Waals surface area contributed by atoms with Crippen LogP contribution < -0.4 is 15.2 Å². The zero-order chi connectivity index (χ0) is 10.7. The largest absolute Gasteiger partial charge is 0.493 e. The second-order valence-corrected chi connectivity index (χ2v) is 3.67. The summed E-state index contributed by atoms with van der Waals surface area (Å²) in [5, 5.41) is 2.43. The fraction of sp³-hybridized carbons (Fsp3) is 0.100. The van der Waals surface area contributed by atoms with Crippen molar-refractivity contribution in [2.75, 3.05) is 12.8 Å². The van der Waals surface area contributed by atoms with E-state index >= 15 is 0 Å². The van der Waals surface area contributed by atoms with Gasteiger partial charge in [0.25, 0.3) is 5.19 Å². The van der Waals surface area contributed by atoms with Crippen molar-refractivity contribution in [3.63, 3.8) is 0 Å². The van der Waals surface area contributed by atoms with Crippen molar-refractivity contribution in [2.24, 2.45) is 0 Å². The Labute approximate surface area is 91.3 Å². The molecule has 4 nitrogen and oxygen atoms in total. The van der Waals surface area contributed by atoms with Crippen LogP contribution in [-0.4, -0.2) is 12.1 Å². The van der Waals surface area contributed by atoms with Gasteiger partial charge < -0.3 is 15.2 Å². The van der Waals surface area contributed by atoms with Crippen molar-refractivity contribution in [2.45, 2.75) is 0 Å². The number of ether oxygens (including phenoxy) is 2. The molecule has 0 aliphatic carbocycles. The van der Waals surface area contributed by atoms with Crippen LogP contribution in [0.25, 0.3) is 0 Å². The lowest BCUT2D eigenvalue weighted by Gasteiger charge is -2.08. The molecule has 2 aromatic rings. The molecule has 2 N–H and O–H groups in total. The van der Waals surface area contributed by atoms with Gasteiger partial charge in [-0.05, 0) is 12.1 Å². The Balaban J connectivity index is 2.28. The minimum atomic E-state index is 0.582. The Morgan fingerprint density at radius 3 is 2.87 bits per heavy atom. The third kappa shape index (κ3) is 2.19. The molecule has 1 aromatic carbocycles. The van der Waals surface area contributed by atoms with E-state index in [-0.39, 0.29) is 0 Å². The second kappa shape index (κ2) is 4.18. The van der Waals surface area contributed by atoms with E-state index in [1.54, 1.807) is 31.5 Å². The van der Waals surface area contributed by atoms with Gasteiger partial charge in [0.15, 0.2) is 11.5 Å². The number of nitrogens with zero attached hydrogens (tertiary/aromatic N) is 1. The monoisotopic (exact) mass is 222 g/mol. The molecular weight excluding hydrogens is 212 g/mol. The number of thiazole rings is 1. The summed E-state index contributed by atoms with van der Waals surface area (Å²) >= 11 is 1.42. The van der Waals surface area contributed by atoms with Gasteiger partial charge in [-0.2, -0.15) is 0 Å². The van der Waals surface area contributed by atoms with Gasteiger partial charge in [0.05, 0.1) is 7.11 Å². The van der Waals surface area contributed by atoms with Gasteiger partial charge in [0.2, 0.25) is 0 Å². The van der Waals surface area contributed by atoms with E-state index < -0.39 is 0 Å². The first-order chi connectivity index (χ1) is 7.29. The lowest BCUT2D eigenvalue weighted by Crippen LogP contribution is -1.92. The number of nitrogen functional groups attached to an aromatic ring is 1. The molecule has 5 heteroatoms. The molecule has 0 aliphatic rings. The highest BCUT2D eigenvalue weighted by molar-refractivity contribution is 7.11. The van der Waals surface area contributed by atoms with E-state index in [4.69, 9.17) is 15.2 Å². The maximum absolute atomic E-state index is 5.63. The summed E-state index contributed by atoms with van der Waals surface area (Å²) in [4.78, 5) is 4.02. The Bertz CT molecular complexity index is 443. The summed E-state index contributed by atoms with van der Waals surface area (Å²) < 4.78 is 10.7. The average Bonchev–Trinajstić information content (AvgIpc) is 2.73. The van der Waals surface area contributed by atoms with Gasteiger partial charge in [-0.15, -0.1) is 0 Å². The van der Waals surface area contributed by atoms with Crippen LogP contribution in [0.5, 0.6) is 16.7 Å². The molecule has 0 bridgehead atoms. The van der Waals surface area contributed by atoms with Crippen LogP contribution in [0.1, 0.15) is 0 Å². The number of benzene rings is 1. The number of hydrogen-bond acceptors (Lipinski definition) is 5. The molecule has 0 fully saturated rings. The Kier molecular flexibility index (Phi) is 2.73. The topological polar surface area (TPSA) is 57.4 Å². The Morgan fingerprint density at radius 2 is 2.20 bits per heavy atom. The first-order valence-corrected chi connectivity index (χ1v) is 5.18. The number of nitrogens with two attached hydrogens (primary N) is 1. The number of hydrogen-bond donors (Lipinski definition) is 1. The SMILES string of the molecule is COc1cc(N)ccc1Oc1nccs1. The highest BCUT2D eigenvalue weighted by Gasteiger charge is 2.06. The zero-order valence-electron chi connectivity index (χ0n) is 8.14. The van der Waals surface area contributed by atoms with Crippen LogP contribution in [0.15, 0.2) is 29.8 Å². The maximum Gasteiger partial charge on any atom is 0.278 e. The minimum Gasteiger partial charge on any atom is -0.493 e. The van der Waals surface area contributed by atoms with Gasteiger partial charge >= 0.3 is 0 Å². The summed E-state index contributed by atoms with van der Waals surface area (Å²) in [6.45, 7) is 0. The molecule has 0 saturated carbocycles. The minimum absolute atomic E-state index is 0.582. The lowest BCUT2D eigenvalue weighted by atomic mass is 10.3. The quantitative estimate of drug-likeness (QED) is 0.811. The summed E-state index contributed by atoms with van der Waals surface area (Å²) in [5.74, 6) is 1.21. The fourth-order valence-corrected chi connectivity index (χ4v) is 1.62. The average molecular weight is 222 g/mol. The summed E-state index contributed by atoms with van der Waals surface area (Å²) in [6.07, 6.45) is 1.68. The normalized spacial score (nSPS) is 9.93. The molecule has 0 unspecified atom stereocenters. The summed E-state index contributed by atoms with van der Waals surface area (Å²) in [5.41, 5.74) is 6.27. The van der Waals surface area contributed by atoms with Gasteiger partial charge in [0, 0.05) is 23.3 Å². The van der Waals surface area contributed by atoms with Crippen LogP contribution in [-0.2, 0) is 0 Å². The van der Waals surface area contributed by atoms with E-state index in [0.717, 1.165) is 0 Å². The molecule has 0 radical (unpaired) electrons. The number of anilines is 1. The predicted molar refractivity (Wildman–Crippen MR) is 59.6 cm³/mol. The van der Waals surface area contributed by atoms with E-state index in [2.05, 4.69) is 4.98 Å². The predicted octanol–water partition coefficient (Wildman–Crippen LogP) is 2.53. The third-order valence-electron chi connectivity index (χ3n) is 1.79. The first-order valence-electron chi connectivity index (χ1n) is 4.30. The van der Waals surface area contributed by atoms with Gasteiger partial charge in [0.1, 0.15) is 0 Å². The molecule has 0 atom stereocenters. The van der Waals surface area contributed by atoms with Crippen molar-refractivity contribution in [3.05, 3.63) is 29.8 Å². The van der Waals surface area contributed by atoms with Crippen molar-refractivity contribution in [3.8, 4) is 16.7 Å². The van der Waals surface area contributed by atoms with Crippen LogP contribution >= 0.6 is 11.3 Å². The van der Waals surface area contributed by atoms with E-state index in [9.17, 15) is 0 Å². The van der Waals surface area contributed by atoms with Gasteiger partial charge in [-0.3, -0.25) is 0 Å². The second-order valence-electron chi connectivity index (χ2n) is 2.81. The van der Waals surface area contributed by atoms with Crippen LogP contribution in [0.2, 0.25) is 0 Å². The molecule has 0 saturated heterocycles. The van der Waals surface area contributed by atoms with Crippen molar-refractivity contribution < 1.29 is 9.47 Å². The maximum atomic E-state index is 5.63. The standard InChI is InChI=1S/C10H10N2O2S/c1-13-9-6-7(11)2-3-8(9)14-10-12-4-5-15-10/h2-6H,11H2,1H3. The molecule has 1 heterocycles. The van der Waals surface area contributed by atoms with Crippen molar-refractivity contribution in [1.29, 1.82) is 0 Å². The smallest absolute Gasteiger partial charge is 0.278 e. The highest BCUT2D eigenvalue weighted by atomic mass is 32.1. The third-order valence-corrected chi connectivity index (χ3v) is 2.44. The number of rotatable bonds is 3. The van der Waals surface area contributed by atoms with Crippen LogP contribution in [0.3, 0.4) is 0 Å². The Hall–Kier alpha value is -1.75. The molecule has 0 spiro atoms. The van der Waals surface area contributed by atoms with E-state index in [1.807, 2.05) is 5.38 Å². The zero-order valence-corrected chi connectivity index (χ0v) is 8.95. The molecular formula is C10H10N2O2S. The van der Waals surface area contributed by atoms with E-state index in [0.29, 0.717) is 22.4 Å². The summed E-state index contributed by atoms with van der Waals surface area (Å²) in [7, 11) is 1.57. The molecule has 15 heavy (non-hydrogen) atoms. The van der Waals surface area contributed by atoms with E-state index in [1.165, 1.54) is 11.3 Å². The van der Waals surface area contributed by atoms with Crippen LogP contribution in [0, 0.1) is 0 Å². The number of aromatic nitrogens is 1. The molecule has 1 aromatic heterocycles. The van der Waals surface area contributed by atoms with Crippen molar-refractivity contribution in [1.82, 2.24) is 4.98 Å². The van der Waals surface area contributed by atoms with Gasteiger partial charge in [-0.1, -0.05) is 11.3 Å². The summed E-state index contributed by atoms with van der Waals surface area (Å²) in [6, 6.07) is 5.23. The van der Waals surface area contributed by atoms with Gasteiger partial charge in [-0.25, -0.2) is 4.98 Å². The fourth-order valence-electron chi connectivity index (χ4n) is 1.12. The molecule has 0 amide bonds. The molecule has 0 aliphatic heterocycles.